The van der Waals surface area contributed by atoms with Crippen LogP contribution in [0.2, 0.25) is 0 Å². The van der Waals surface area contributed by atoms with Crippen LogP contribution < -0.4 is 0 Å². The van der Waals surface area contributed by atoms with E-state index in [1.807, 2.05) is 6.07 Å². The highest BCUT2D eigenvalue weighted by molar-refractivity contribution is 7.89. The molecule has 0 aliphatic carbocycles. The Morgan fingerprint density at radius 3 is 2.60 bits per heavy atom. The van der Waals surface area contributed by atoms with Gasteiger partial charge in [0.1, 0.15) is 5.82 Å². The maximum absolute atomic E-state index is 13.0. The number of nitrogens with zero attached hydrogens (tertiary/aromatic N) is 2. The van der Waals surface area contributed by atoms with E-state index in [9.17, 15) is 12.8 Å². The average Bonchev–Trinajstić information content (AvgIpc) is 3.06. The molecular formula is C19H19FN2O2S. The second kappa shape index (κ2) is 6.95. The van der Waals surface area contributed by atoms with E-state index in [1.165, 1.54) is 28.6 Å². The monoisotopic (exact) mass is 358 g/mol. The summed E-state index contributed by atoms with van der Waals surface area (Å²) in [5.41, 5.74) is 2.05. The molecule has 0 bridgehead atoms. The first kappa shape index (κ1) is 17.6. The molecule has 0 amide bonds. The minimum atomic E-state index is -3.56. The second-order valence-electron chi connectivity index (χ2n) is 6.44. The summed E-state index contributed by atoms with van der Waals surface area (Å²) in [7, 11) is -3.56. The first-order valence-corrected chi connectivity index (χ1v) is 9.59. The van der Waals surface area contributed by atoms with Gasteiger partial charge in [-0.05, 0) is 67.1 Å². The number of hydrogen-bond donors (Lipinski definition) is 0. The molecule has 0 radical (unpaired) electrons. The van der Waals surface area contributed by atoms with Gasteiger partial charge >= 0.3 is 0 Å². The lowest BCUT2D eigenvalue weighted by molar-refractivity contribution is 0.455. The van der Waals surface area contributed by atoms with E-state index in [-0.39, 0.29) is 16.6 Å². The van der Waals surface area contributed by atoms with Crippen LogP contribution in [0.15, 0.2) is 47.4 Å². The normalized spacial score (nSPS) is 18.2. The molecule has 0 saturated carbocycles. The molecular weight excluding hydrogens is 339 g/mol. The lowest BCUT2D eigenvalue weighted by atomic mass is 9.99. The minimum Gasteiger partial charge on any atom is -0.207 e. The van der Waals surface area contributed by atoms with Crippen LogP contribution >= 0.6 is 0 Å². The fourth-order valence-electron chi connectivity index (χ4n) is 3.28. The smallest absolute Gasteiger partial charge is 0.207 e. The predicted molar refractivity (Wildman–Crippen MR) is 92.9 cm³/mol. The zero-order valence-electron chi connectivity index (χ0n) is 13.9. The SMILES string of the molecule is Cc1cc(C#N)ccc1S(=O)(=O)N1CCC(Cc2ccc(F)cc2)C1. The number of aryl methyl sites for hydroxylation is 1. The van der Waals surface area contributed by atoms with E-state index in [2.05, 4.69) is 0 Å². The number of sulfonamides is 1. The Morgan fingerprint density at radius 2 is 1.96 bits per heavy atom. The molecule has 4 nitrogen and oxygen atoms in total. The van der Waals surface area contributed by atoms with Crippen LogP contribution in [-0.2, 0) is 16.4 Å². The molecule has 1 aliphatic heterocycles. The van der Waals surface area contributed by atoms with Gasteiger partial charge in [-0.1, -0.05) is 12.1 Å². The van der Waals surface area contributed by atoms with E-state index < -0.39 is 10.0 Å². The highest BCUT2D eigenvalue weighted by Crippen LogP contribution is 2.28. The van der Waals surface area contributed by atoms with Crippen LogP contribution in [0.25, 0.3) is 0 Å². The van der Waals surface area contributed by atoms with Crippen molar-refractivity contribution in [3.05, 3.63) is 65.0 Å². The van der Waals surface area contributed by atoms with Crippen molar-refractivity contribution in [3.8, 4) is 6.07 Å². The van der Waals surface area contributed by atoms with Gasteiger partial charge in [-0.2, -0.15) is 9.57 Å². The van der Waals surface area contributed by atoms with Gasteiger partial charge in [0.25, 0.3) is 0 Å². The third-order valence-electron chi connectivity index (χ3n) is 4.61. The van der Waals surface area contributed by atoms with Crippen LogP contribution in [0.3, 0.4) is 0 Å². The largest absolute Gasteiger partial charge is 0.243 e. The van der Waals surface area contributed by atoms with Crippen LogP contribution in [0.1, 0.15) is 23.1 Å². The summed E-state index contributed by atoms with van der Waals surface area (Å²) in [6, 6.07) is 13.0. The van der Waals surface area contributed by atoms with E-state index in [0.717, 1.165) is 18.4 Å². The van der Waals surface area contributed by atoms with E-state index in [4.69, 9.17) is 5.26 Å². The molecule has 2 aromatic carbocycles. The number of nitriles is 1. The summed E-state index contributed by atoms with van der Waals surface area (Å²) in [5.74, 6) is -0.0467. The summed E-state index contributed by atoms with van der Waals surface area (Å²) in [4.78, 5) is 0.258. The summed E-state index contributed by atoms with van der Waals surface area (Å²) in [6.45, 7) is 2.65. The number of benzene rings is 2. The highest BCUT2D eigenvalue weighted by atomic mass is 32.2. The third-order valence-corrected chi connectivity index (χ3v) is 6.63. The summed E-state index contributed by atoms with van der Waals surface area (Å²) >= 11 is 0. The van der Waals surface area contributed by atoms with Gasteiger partial charge in [-0.15, -0.1) is 0 Å². The molecule has 3 rings (SSSR count). The molecule has 1 atom stereocenters. The molecule has 0 aromatic heterocycles. The average molecular weight is 358 g/mol. The fraction of sp³-hybridized carbons (Fsp3) is 0.316. The van der Waals surface area contributed by atoms with Gasteiger partial charge in [-0.25, -0.2) is 12.8 Å². The van der Waals surface area contributed by atoms with E-state index >= 15 is 0 Å². The van der Waals surface area contributed by atoms with Crippen molar-refractivity contribution < 1.29 is 12.8 Å². The predicted octanol–water partition coefficient (Wildman–Crippen LogP) is 3.26. The zero-order valence-corrected chi connectivity index (χ0v) is 14.8. The summed E-state index contributed by atoms with van der Waals surface area (Å²) in [5, 5.41) is 8.93. The molecule has 6 heteroatoms. The molecule has 1 unspecified atom stereocenters. The maximum Gasteiger partial charge on any atom is 0.243 e. The van der Waals surface area contributed by atoms with E-state index in [1.54, 1.807) is 25.1 Å². The minimum absolute atomic E-state index is 0.221. The molecule has 1 heterocycles. The quantitative estimate of drug-likeness (QED) is 0.843. The van der Waals surface area contributed by atoms with Crippen molar-refractivity contribution in [1.29, 1.82) is 5.26 Å². The second-order valence-corrected chi connectivity index (χ2v) is 8.35. The third kappa shape index (κ3) is 3.73. The Bertz CT molecular complexity index is 917. The molecule has 0 N–H and O–H groups in total. The maximum atomic E-state index is 13.0. The van der Waals surface area contributed by atoms with E-state index in [0.29, 0.717) is 24.2 Å². The van der Waals surface area contributed by atoms with Gasteiger partial charge in [0.2, 0.25) is 10.0 Å². The summed E-state index contributed by atoms with van der Waals surface area (Å²) in [6.07, 6.45) is 1.52. The molecule has 2 aromatic rings. The molecule has 130 valence electrons. The zero-order chi connectivity index (χ0) is 18.0. The lowest BCUT2D eigenvalue weighted by Crippen LogP contribution is -2.29. The topological polar surface area (TPSA) is 61.2 Å². The fourth-order valence-corrected chi connectivity index (χ4v) is 5.02. The Morgan fingerprint density at radius 1 is 1.24 bits per heavy atom. The van der Waals surface area contributed by atoms with Gasteiger partial charge in [0.05, 0.1) is 16.5 Å². The van der Waals surface area contributed by atoms with Crippen LogP contribution in [0, 0.1) is 30.0 Å². The molecule has 25 heavy (non-hydrogen) atoms. The first-order chi connectivity index (χ1) is 11.9. The highest BCUT2D eigenvalue weighted by Gasteiger charge is 2.33. The van der Waals surface area contributed by atoms with Crippen molar-refractivity contribution in [2.45, 2.75) is 24.7 Å². The van der Waals surface area contributed by atoms with Crippen LogP contribution in [0.5, 0.6) is 0 Å². The Hall–Kier alpha value is -2.23. The van der Waals surface area contributed by atoms with Crippen molar-refractivity contribution in [1.82, 2.24) is 4.31 Å². The lowest BCUT2D eigenvalue weighted by Gasteiger charge is -2.18. The van der Waals surface area contributed by atoms with Crippen molar-refractivity contribution >= 4 is 10.0 Å². The van der Waals surface area contributed by atoms with Crippen molar-refractivity contribution in [3.63, 3.8) is 0 Å². The van der Waals surface area contributed by atoms with Gasteiger partial charge in [0.15, 0.2) is 0 Å². The van der Waals surface area contributed by atoms with Gasteiger partial charge in [0, 0.05) is 13.1 Å². The molecule has 0 spiro atoms. The molecule has 1 saturated heterocycles. The Balaban J connectivity index is 1.74. The number of hydrogen-bond acceptors (Lipinski definition) is 3. The Labute approximate surface area is 147 Å². The van der Waals surface area contributed by atoms with Crippen molar-refractivity contribution in [2.75, 3.05) is 13.1 Å². The molecule has 1 aliphatic rings. The van der Waals surface area contributed by atoms with Gasteiger partial charge < -0.3 is 0 Å². The number of rotatable bonds is 4. The van der Waals surface area contributed by atoms with Gasteiger partial charge in [-0.3, -0.25) is 0 Å². The van der Waals surface area contributed by atoms with Crippen molar-refractivity contribution in [2.24, 2.45) is 5.92 Å². The Kier molecular flexibility index (Phi) is 4.89. The first-order valence-electron chi connectivity index (χ1n) is 8.15. The van der Waals surface area contributed by atoms with Crippen LogP contribution in [-0.4, -0.2) is 25.8 Å². The standard InChI is InChI=1S/C19H19FN2O2S/c1-14-10-16(12-21)4-7-19(14)25(23,24)22-9-8-17(13-22)11-15-2-5-18(20)6-3-15/h2-7,10,17H,8-9,11,13H2,1H3. The number of halogens is 1. The summed E-state index contributed by atoms with van der Waals surface area (Å²) < 4.78 is 40.3. The molecule has 1 fully saturated rings. The van der Waals surface area contributed by atoms with Crippen LogP contribution in [0.4, 0.5) is 4.39 Å².